The lowest BCUT2D eigenvalue weighted by atomic mass is 10.2. The number of phenolic OH excluding ortho intramolecular Hbond substituents is 1. The van der Waals surface area contributed by atoms with Gasteiger partial charge in [-0.05, 0) is 30.5 Å². The van der Waals surface area contributed by atoms with Gasteiger partial charge in [0.1, 0.15) is 5.75 Å². The molecular weight excluding hydrogens is 150 g/mol. The minimum atomic E-state index is 0.338. The first-order valence-corrected chi connectivity index (χ1v) is 4.36. The van der Waals surface area contributed by atoms with Crippen LogP contribution in [0.1, 0.15) is 18.4 Å². The largest absolute Gasteiger partial charge is 0.508 e. The third kappa shape index (κ3) is 1.98. The van der Waals surface area contributed by atoms with Crippen LogP contribution in [0.15, 0.2) is 24.3 Å². The van der Waals surface area contributed by atoms with Crippen LogP contribution >= 0.6 is 0 Å². The van der Waals surface area contributed by atoms with E-state index < -0.39 is 0 Å². The molecular formula is C10H13NO. The predicted octanol–water partition coefficient (Wildman–Crippen LogP) is 1.64. The third-order valence-corrected chi connectivity index (χ3v) is 2.11. The van der Waals surface area contributed by atoms with E-state index >= 15 is 0 Å². The average molecular weight is 163 g/mol. The van der Waals surface area contributed by atoms with E-state index in [-0.39, 0.29) is 0 Å². The number of hydrogen-bond acceptors (Lipinski definition) is 2. The van der Waals surface area contributed by atoms with Gasteiger partial charge < -0.3 is 10.4 Å². The molecule has 1 saturated carbocycles. The summed E-state index contributed by atoms with van der Waals surface area (Å²) in [6, 6.07) is 8.10. The summed E-state index contributed by atoms with van der Waals surface area (Å²) in [5, 5.41) is 12.4. The van der Waals surface area contributed by atoms with E-state index in [9.17, 15) is 0 Å². The second-order valence-corrected chi connectivity index (χ2v) is 3.32. The first-order valence-electron chi connectivity index (χ1n) is 4.36. The lowest BCUT2D eigenvalue weighted by molar-refractivity contribution is 0.475. The van der Waals surface area contributed by atoms with E-state index in [0.717, 1.165) is 12.6 Å². The van der Waals surface area contributed by atoms with Gasteiger partial charge >= 0.3 is 0 Å². The van der Waals surface area contributed by atoms with Gasteiger partial charge in [-0.1, -0.05) is 12.1 Å². The van der Waals surface area contributed by atoms with Gasteiger partial charge in [0.05, 0.1) is 0 Å². The van der Waals surface area contributed by atoms with Crippen molar-refractivity contribution in [2.45, 2.75) is 25.4 Å². The van der Waals surface area contributed by atoms with Crippen LogP contribution in [0.2, 0.25) is 0 Å². The molecule has 0 aromatic heterocycles. The number of aromatic hydroxyl groups is 1. The SMILES string of the molecule is Oc1ccc(CNC2CC2)cc1. The van der Waals surface area contributed by atoms with Gasteiger partial charge in [-0.25, -0.2) is 0 Å². The summed E-state index contributed by atoms with van der Waals surface area (Å²) in [5.41, 5.74) is 1.24. The highest BCUT2D eigenvalue weighted by Gasteiger charge is 2.19. The maximum atomic E-state index is 9.03. The van der Waals surface area contributed by atoms with E-state index in [1.165, 1.54) is 18.4 Å². The Labute approximate surface area is 72.2 Å². The van der Waals surface area contributed by atoms with Gasteiger partial charge in [0.15, 0.2) is 0 Å². The number of nitrogens with one attached hydrogen (secondary N) is 1. The Hall–Kier alpha value is -1.02. The van der Waals surface area contributed by atoms with Crippen molar-refractivity contribution in [3.63, 3.8) is 0 Å². The van der Waals surface area contributed by atoms with Gasteiger partial charge in [0.25, 0.3) is 0 Å². The molecule has 0 amide bonds. The van der Waals surface area contributed by atoms with Crippen molar-refractivity contribution < 1.29 is 5.11 Å². The van der Waals surface area contributed by atoms with Crippen LogP contribution in [0.4, 0.5) is 0 Å². The molecule has 2 nitrogen and oxygen atoms in total. The maximum Gasteiger partial charge on any atom is 0.115 e. The molecule has 0 unspecified atom stereocenters. The minimum Gasteiger partial charge on any atom is -0.508 e. The Bertz CT molecular complexity index is 251. The highest BCUT2D eigenvalue weighted by Crippen LogP contribution is 2.19. The summed E-state index contributed by atoms with van der Waals surface area (Å²) in [7, 11) is 0. The van der Waals surface area contributed by atoms with Gasteiger partial charge in [-0.2, -0.15) is 0 Å². The molecule has 0 atom stereocenters. The fraction of sp³-hybridized carbons (Fsp3) is 0.400. The molecule has 1 fully saturated rings. The highest BCUT2D eigenvalue weighted by atomic mass is 16.3. The quantitative estimate of drug-likeness (QED) is 0.710. The van der Waals surface area contributed by atoms with Crippen molar-refractivity contribution in [2.75, 3.05) is 0 Å². The van der Waals surface area contributed by atoms with E-state index in [1.807, 2.05) is 12.1 Å². The fourth-order valence-electron chi connectivity index (χ4n) is 1.16. The van der Waals surface area contributed by atoms with E-state index in [0.29, 0.717) is 5.75 Å². The Balaban J connectivity index is 1.89. The average Bonchev–Trinajstić information content (AvgIpc) is 2.87. The molecule has 0 aliphatic heterocycles. The Morgan fingerprint density at radius 2 is 1.92 bits per heavy atom. The lowest BCUT2D eigenvalue weighted by Crippen LogP contribution is -2.14. The van der Waals surface area contributed by atoms with Crippen molar-refractivity contribution in [2.24, 2.45) is 0 Å². The van der Waals surface area contributed by atoms with Crippen molar-refractivity contribution in [1.82, 2.24) is 5.32 Å². The number of phenols is 1. The third-order valence-electron chi connectivity index (χ3n) is 2.11. The molecule has 1 aromatic carbocycles. The molecule has 2 heteroatoms. The van der Waals surface area contributed by atoms with Gasteiger partial charge in [-0.3, -0.25) is 0 Å². The number of benzene rings is 1. The van der Waals surface area contributed by atoms with Crippen LogP contribution < -0.4 is 5.32 Å². The summed E-state index contributed by atoms with van der Waals surface area (Å²) in [5.74, 6) is 0.338. The summed E-state index contributed by atoms with van der Waals surface area (Å²) < 4.78 is 0. The first-order chi connectivity index (χ1) is 5.84. The normalized spacial score (nSPS) is 16.3. The summed E-state index contributed by atoms with van der Waals surface area (Å²) in [6.07, 6.45) is 2.64. The second-order valence-electron chi connectivity index (χ2n) is 3.32. The topological polar surface area (TPSA) is 32.3 Å². The molecule has 0 radical (unpaired) electrons. The molecule has 1 aliphatic rings. The molecule has 2 rings (SSSR count). The Morgan fingerprint density at radius 1 is 1.25 bits per heavy atom. The number of rotatable bonds is 3. The van der Waals surface area contributed by atoms with Crippen LogP contribution in [-0.4, -0.2) is 11.1 Å². The van der Waals surface area contributed by atoms with Gasteiger partial charge in [0, 0.05) is 12.6 Å². The molecule has 0 saturated heterocycles. The molecule has 2 N–H and O–H groups in total. The van der Waals surface area contributed by atoms with Crippen LogP contribution in [0.25, 0.3) is 0 Å². The summed E-state index contributed by atoms with van der Waals surface area (Å²) in [4.78, 5) is 0. The van der Waals surface area contributed by atoms with Crippen molar-refractivity contribution in [3.8, 4) is 5.75 Å². The molecule has 64 valence electrons. The summed E-state index contributed by atoms with van der Waals surface area (Å²) >= 11 is 0. The van der Waals surface area contributed by atoms with Crippen molar-refractivity contribution in [3.05, 3.63) is 29.8 Å². The fourth-order valence-corrected chi connectivity index (χ4v) is 1.16. The van der Waals surface area contributed by atoms with Crippen molar-refractivity contribution in [1.29, 1.82) is 0 Å². The summed E-state index contributed by atoms with van der Waals surface area (Å²) in [6.45, 7) is 0.922. The van der Waals surface area contributed by atoms with Gasteiger partial charge in [-0.15, -0.1) is 0 Å². The highest BCUT2D eigenvalue weighted by molar-refractivity contribution is 5.25. The molecule has 1 aromatic rings. The van der Waals surface area contributed by atoms with Crippen LogP contribution in [0, 0.1) is 0 Å². The zero-order valence-corrected chi connectivity index (χ0v) is 6.96. The van der Waals surface area contributed by atoms with Crippen LogP contribution in [0.3, 0.4) is 0 Å². The van der Waals surface area contributed by atoms with Crippen LogP contribution in [0.5, 0.6) is 5.75 Å². The standard InChI is InChI=1S/C10H13NO/c12-10-5-1-8(2-6-10)7-11-9-3-4-9/h1-2,5-6,9,11-12H,3-4,7H2. The predicted molar refractivity (Wildman–Crippen MR) is 48.0 cm³/mol. The molecule has 0 heterocycles. The van der Waals surface area contributed by atoms with E-state index in [4.69, 9.17) is 5.11 Å². The van der Waals surface area contributed by atoms with Crippen LogP contribution in [-0.2, 0) is 6.54 Å². The van der Waals surface area contributed by atoms with E-state index in [1.54, 1.807) is 12.1 Å². The minimum absolute atomic E-state index is 0.338. The zero-order chi connectivity index (χ0) is 8.39. The lowest BCUT2D eigenvalue weighted by Gasteiger charge is -2.02. The van der Waals surface area contributed by atoms with Crippen molar-refractivity contribution >= 4 is 0 Å². The van der Waals surface area contributed by atoms with E-state index in [2.05, 4.69) is 5.32 Å². The van der Waals surface area contributed by atoms with Gasteiger partial charge in [0.2, 0.25) is 0 Å². The first kappa shape index (κ1) is 7.62. The molecule has 0 bridgehead atoms. The monoisotopic (exact) mass is 163 g/mol. The zero-order valence-electron chi connectivity index (χ0n) is 6.96. The Kier molecular flexibility index (Phi) is 2.00. The number of hydrogen-bond donors (Lipinski definition) is 2. The molecule has 0 spiro atoms. The Morgan fingerprint density at radius 3 is 2.50 bits per heavy atom. The molecule has 12 heavy (non-hydrogen) atoms. The maximum absolute atomic E-state index is 9.03. The second kappa shape index (κ2) is 3.15. The molecule has 1 aliphatic carbocycles. The smallest absolute Gasteiger partial charge is 0.115 e.